The van der Waals surface area contributed by atoms with Gasteiger partial charge in [0.2, 0.25) is 5.91 Å². The fraction of sp³-hybridized carbons (Fsp3) is 0.529. The maximum atomic E-state index is 11.9. The average molecular weight is 335 g/mol. The van der Waals surface area contributed by atoms with Gasteiger partial charge in [0.25, 0.3) is 0 Å². The Morgan fingerprint density at radius 2 is 2.09 bits per heavy atom. The van der Waals surface area contributed by atoms with Gasteiger partial charge in [-0.2, -0.15) is 11.8 Å². The number of carbonyl (C=O) groups excluding carboxylic acids is 1. The summed E-state index contributed by atoms with van der Waals surface area (Å²) < 4.78 is 1.24. The molecule has 1 fully saturated rings. The summed E-state index contributed by atoms with van der Waals surface area (Å²) in [4.78, 5) is 16.5. The maximum absolute atomic E-state index is 11.9. The van der Waals surface area contributed by atoms with Gasteiger partial charge in [-0.3, -0.25) is 4.79 Å². The van der Waals surface area contributed by atoms with Crippen molar-refractivity contribution in [3.63, 3.8) is 0 Å². The molecule has 22 heavy (non-hydrogen) atoms. The second kappa shape index (κ2) is 7.97. The summed E-state index contributed by atoms with van der Waals surface area (Å²) >= 11 is 3.55. The molecule has 1 heterocycles. The molecule has 1 aromatic heterocycles. The van der Waals surface area contributed by atoms with Gasteiger partial charge in [0.1, 0.15) is 5.01 Å². The molecule has 0 atom stereocenters. The van der Waals surface area contributed by atoms with Crippen LogP contribution in [-0.2, 0) is 10.5 Å². The monoisotopic (exact) mass is 334 g/mol. The van der Waals surface area contributed by atoms with E-state index in [0.717, 1.165) is 34.9 Å². The van der Waals surface area contributed by atoms with E-state index in [1.54, 1.807) is 23.1 Å². The summed E-state index contributed by atoms with van der Waals surface area (Å²) in [6, 6.07) is 8.66. The SMILES string of the molecule is O=C(CCSCc1nc2ccccc2s1)NC1CCCCC1. The number of thioether (sulfide) groups is 1. The fourth-order valence-electron chi connectivity index (χ4n) is 2.85. The number of benzene rings is 1. The predicted molar refractivity (Wildman–Crippen MR) is 95.4 cm³/mol. The zero-order chi connectivity index (χ0) is 15.2. The fourth-order valence-corrected chi connectivity index (χ4v) is 4.81. The van der Waals surface area contributed by atoms with Crippen LogP contribution in [0.4, 0.5) is 0 Å². The summed E-state index contributed by atoms with van der Waals surface area (Å²) in [5.41, 5.74) is 1.08. The van der Waals surface area contributed by atoms with Crippen molar-refractivity contribution in [1.29, 1.82) is 0 Å². The predicted octanol–water partition coefficient (Wildman–Crippen LogP) is 4.37. The summed E-state index contributed by atoms with van der Waals surface area (Å²) in [6.07, 6.45) is 6.78. The van der Waals surface area contributed by atoms with Crippen molar-refractivity contribution in [2.24, 2.45) is 0 Å². The summed E-state index contributed by atoms with van der Waals surface area (Å²) in [7, 11) is 0. The molecule has 0 aliphatic heterocycles. The number of para-hydroxylation sites is 1. The van der Waals surface area contributed by atoms with Gasteiger partial charge >= 0.3 is 0 Å². The smallest absolute Gasteiger partial charge is 0.221 e. The van der Waals surface area contributed by atoms with Crippen LogP contribution >= 0.6 is 23.1 Å². The lowest BCUT2D eigenvalue weighted by Gasteiger charge is -2.22. The largest absolute Gasteiger partial charge is 0.353 e. The van der Waals surface area contributed by atoms with E-state index in [9.17, 15) is 4.79 Å². The first kappa shape index (κ1) is 15.8. The molecule has 1 aromatic carbocycles. The number of hydrogen-bond donors (Lipinski definition) is 1. The van der Waals surface area contributed by atoms with Crippen molar-refractivity contribution in [1.82, 2.24) is 10.3 Å². The minimum Gasteiger partial charge on any atom is -0.353 e. The Kier molecular flexibility index (Phi) is 5.73. The second-order valence-electron chi connectivity index (χ2n) is 5.78. The average Bonchev–Trinajstić information content (AvgIpc) is 2.95. The lowest BCUT2D eigenvalue weighted by molar-refractivity contribution is -0.121. The molecule has 0 unspecified atom stereocenters. The Balaban J connectivity index is 1.36. The van der Waals surface area contributed by atoms with Crippen LogP contribution < -0.4 is 5.32 Å². The third-order valence-electron chi connectivity index (χ3n) is 4.01. The minimum atomic E-state index is 0.212. The number of rotatable bonds is 6. The first-order valence-corrected chi connectivity index (χ1v) is 10.00. The highest BCUT2D eigenvalue weighted by Crippen LogP contribution is 2.25. The van der Waals surface area contributed by atoms with Gasteiger partial charge in [-0.15, -0.1) is 11.3 Å². The Morgan fingerprint density at radius 3 is 2.91 bits per heavy atom. The molecule has 1 amide bonds. The first-order chi connectivity index (χ1) is 10.8. The summed E-state index contributed by atoms with van der Waals surface area (Å²) in [5.74, 6) is 1.98. The van der Waals surface area contributed by atoms with E-state index in [1.165, 1.54) is 24.0 Å². The number of nitrogens with one attached hydrogen (secondary N) is 1. The van der Waals surface area contributed by atoms with Crippen molar-refractivity contribution < 1.29 is 4.79 Å². The van der Waals surface area contributed by atoms with Gasteiger partial charge in [0, 0.05) is 24.0 Å². The molecule has 3 rings (SSSR count). The van der Waals surface area contributed by atoms with Gasteiger partial charge in [-0.1, -0.05) is 31.4 Å². The summed E-state index contributed by atoms with van der Waals surface area (Å²) in [6.45, 7) is 0. The number of fused-ring (bicyclic) bond motifs is 1. The molecule has 0 spiro atoms. The van der Waals surface area contributed by atoms with Crippen molar-refractivity contribution in [3.05, 3.63) is 29.3 Å². The standard InChI is InChI=1S/C17H22N2OS2/c20-16(18-13-6-2-1-3-7-13)10-11-21-12-17-19-14-8-4-5-9-15(14)22-17/h4-5,8-9,13H,1-3,6-7,10-12H2,(H,18,20). The third-order valence-corrected chi connectivity index (χ3v) is 6.20. The van der Waals surface area contributed by atoms with Crippen LogP contribution in [0.1, 0.15) is 43.5 Å². The van der Waals surface area contributed by atoms with Crippen LogP contribution in [0.25, 0.3) is 10.2 Å². The molecule has 118 valence electrons. The van der Waals surface area contributed by atoms with Crippen molar-refractivity contribution in [2.45, 2.75) is 50.3 Å². The topological polar surface area (TPSA) is 42.0 Å². The van der Waals surface area contributed by atoms with Crippen LogP contribution in [0.3, 0.4) is 0 Å². The maximum Gasteiger partial charge on any atom is 0.221 e. The number of nitrogens with zero attached hydrogens (tertiary/aromatic N) is 1. The van der Waals surface area contributed by atoms with Gasteiger partial charge in [0.15, 0.2) is 0 Å². The molecule has 0 bridgehead atoms. The molecule has 1 saturated carbocycles. The van der Waals surface area contributed by atoms with E-state index in [1.807, 2.05) is 12.1 Å². The molecule has 0 saturated heterocycles. The molecule has 1 aliphatic carbocycles. The summed E-state index contributed by atoms with van der Waals surface area (Å²) in [5, 5.41) is 4.33. The number of thiazole rings is 1. The van der Waals surface area contributed by atoms with Crippen LogP contribution in [0.15, 0.2) is 24.3 Å². The highest BCUT2D eigenvalue weighted by molar-refractivity contribution is 7.98. The molecule has 1 N–H and O–H groups in total. The lowest BCUT2D eigenvalue weighted by Crippen LogP contribution is -2.36. The third kappa shape index (κ3) is 4.46. The van der Waals surface area contributed by atoms with Gasteiger partial charge in [-0.05, 0) is 25.0 Å². The van der Waals surface area contributed by atoms with Gasteiger partial charge in [-0.25, -0.2) is 4.98 Å². The van der Waals surface area contributed by atoms with Crippen molar-refractivity contribution in [3.8, 4) is 0 Å². The lowest BCUT2D eigenvalue weighted by atomic mass is 9.95. The highest BCUT2D eigenvalue weighted by atomic mass is 32.2. The van der Waals surface area contributed by atoms with Crippen molar-refractivity contribution in [2.75, 3.05) is 5.75 Å². The van der Waals surface area contributed by atoms with E-state index in [0.29, 0.717) is 12.5 Å². The molecule has 3 nitrogen and oxygen atoms in total. The highest BCUT2D eigenvalue weighted by Gasteiger charge is 2.15. The number of aromatic nitrogens is 1. The molecule has 5 heteroatoms. The number of carbonyl (C=O) groups is 1. The van der Waals surface area contributed by atoms with Crippen LogP contribution in [-0.4, -0.2) is 22.7 Å². The van der Waals surface area contributed by atoms with Crippen LogP contribution in [0, 0.1) is 0 Å². The normalized spacial score (nSPS) is 16.0. The van der Waals surface area contributed by atoms with E-state index >= 15 is 0 Å². The zero-order valence-electron chi connectivity index (χ0n) is 12.7. The van der Waals surface area contributed by atoms with Crippen molar-refractivity contribution >= 4 is 39.2 Å². The Labute approximate surface area is 139 Å². The van der Waals surface area contributed by atoms with Crippen LogP contribution in [0.2, 0.25) is 0 Å². The number of amides is 1. The second-order valence-corrected chi connectivity index (χ2v) is 8.00. The first-order valence-electron chi connectivity index (χ1n) is 8.03. The zero-order valence-corrected chi connectivity index (χ0v) is 14.3. The molecule has 0 radical (unpaired) electrons. The van der Waals surface area contributed by atoms with Crippen LogP contribution in [0.5, 0.6) is 0 Å². The van der Waals surface area contributed by atoms with E-state index in [-0.39, 0.29) is 5.91 Å². The van der Waals surface area contributed by atoms with E-state index in [4.69, 9.17) is 0 Å². The van der Waals surface area contributed by atoms with Gasteiger partial charge in [0.05, 0.1) is 10.2 Å². The van der Waals surface area contributed by atoms with E-state index in [2.05, 4.69) is 22.4 Å². The molecule has 2 aromatic rings. The Hall–Kier alpha value is -1.07. The Morgan fingerprint density at radius 1 is 1.27 bits per heavy atom. The van der Waals surface area contributed by atoms with E-state index < -0.39 is 0 Å². The quantitative estimate of drug-likeness (QED) is 0.798. The number of hydrogen-bond acceptors (Lipinski definition) is 4. The van der Waals surface area contributed by atoms with Gasteiger partial charge < -0.3 is 5.32 Å². The molecular weight excluding hydrogens is 312 g/mol. The Bertz CT molecular complexity index is 587. The minimum absolute atomic E-state index is 0.212. The molecule has 1 aliphatic rings. The molecular formula is C17H22N2OS2.